The largest absolute Gasteiger partial charge is 0.489 e. The van der Waals surface area contributed by atoms with Crippen molar-refractivity contribution in [1.29, 1.82) is 5.41 Å². The molecule has 0 aliphatic rings. The third-order valence-electron chi connectivity index (χ3n) is 3.04. The van der Waals surface area contributed by atoms with Crippen LogP contribution in [0.3, 0.4) is 0 Å². The van der Waals surface area contributed by atoms with E-state index >= 15 is 0 Å². The normalized spacial score (nSPS) is 11.1. The molecular weight excluding hydrogens is 307 g/mol. The fraction of sp³-hybridized carbons (Fsp3) is 0.188. The van der Waals surface area contributed by atoms with Gasteiger partial charge in [0.15, 0.2) is 5.96 Å². The minimum atomic E-state index is -4.37. The van der Waals surface area contributed by atoms with Crippen molar-refractivity contribution in [3.8, 4) is 5.75 Å². The molecule has 0 radical (unpaired) electrons. The third-order valence-corrected chi connectivity index (χ3v) is 3.04. The summed E-state index contributed by atoms with van der Waals surface area (Å²) in [5.74, 6) is 0.394. The van der Waals surface area contributed by atoms with E-state index < -0.39 is 11.7 Å². The number of rotatable bonds is 5. The molecule has 0 aliphatic heterocycles. The summed E-state index contributed by atoms with van der Waals surface area (Å²) in [5, 5.41) is 9.77. The van der Waals surface area contributed by atoms with E-state index in [9.17, 15) is 13.2 Å². The van der Waals surface area contributed by atoms with Crippen LogP contribution in [0.2, 0.25) is 0 Å². The van der Waals surface area contributed by atoms with Crippen molar-refractivity contribution >= 4 is 5.96 Å². The predicted octanol–water partition coefficient (Wildman–Crippen LogP) is 3.27. The summed E-state index contributed by atoms with van der Waals surface area (Å²) in [6, 6.07) is 12.1. The topological polar surface area (TPSA) is 71.1 Å². The van der Waals surface area contributed by atoms with E-state index in [1.807, 2.05) is 6.07 Å². The second kappa shape index (κ2) is 7.04. The monoisotopic (exact) mass is 323 g/mol. The number of hydrogen-bond donors (Lipinski definition) is 3. The average Bonchev–Trinajstić information content (AvgIpc) is 2.51. The maximum atomic E-state index is 12.7. The number of guanidine groups is 1. The summed E-state index contributed by atoms with van der Waals surface area (Å²) in [6.45, 7) is 0.406. The van der Waals surface area contributed by atoms with Crippen LogP contribution in [0.5, 0.6) is 5.75 Å². The van der Waals surface area contributed by atoms with Crippen LogP contribution in [-0.4, -0.2) is 5.96 Å². The highest BCUT2D eigenvalue weighted by Crippen LogP contribution is 2.29. The summed E-state index contributed by atoms with van der Waals surface area (Å²) in [7, 11) is 0. The molecule has 2 aromatic rings. The maximum Gasteiger partial charge on any atom is 0.416 e. The van der Waals surface area contributed by atoms with Crippen molar-refractivity contribution in [3.05, 3.63) is 65.2 Å². The molecule has 0 saturated heterocycles. The van der Waals surface area contributed by atoms with E-state index in [0.29, 0.717) is 17.9 Å². The van der Waals surface area contributed by atoms with Crippen molar-refractivity contribution in [1.82, 2.24) is 5.32 Å². The number of halogens is 3. The molecule has 0 atom stereocenters. The Kier molecular flexibility index (Phi) is 5.10. The Labute approximate surface area is 131 Å². The molecule has 0 spiro atoms. The second-order valence-electron chi connectivity index (χ2n) is 4.90. The molecule has 2 aromatic carbocycles. The number of hydrogen-bond acceptors (Lipinski definition) is 2. The quantitative estimate of drug-likeness (QED) is 0.584. The van der Waals surface area contributed by atoms with Crippen LogP contribution < -0.4 is 15.8 Å². The van der Waals surface area contributed by atoms with E-state index in [2.05, 4.69) is 5.32 Å². The first-order valence-electron chi connectivity index (χ1n) is 6.80. The van der Waals surface area contributed by atoms with E-state index in [0.717, 1.165) is 17.7 Å². The van der Waals surface area contributed by atoms with Crippen molar-refractivity contribution in [2.75, 3.05) is 0 Å². The molecular formula is C16H16F3N3O. The molecule has 7 heteroatoms. The number of alkyl halides is 3. The van der Waals surface area contributed by atoms with Crippen molar-refractivity contribution < 1.29 is 17.9 Å². The summed E-state index contributed by atoms with van der Waals surface area (Å²) in [6.07, 6.45) is -4.37. The molecule has 4 nitrogen and oxygen atoms in total. The predicted molar refractivity (Wildman–Crippen MR) is 81.0 cm³/mol. The van der Waals surface area contributed by atoms with Gasteiger partial charge < -0.3 is 15.8 Å². The van der Waals surface area contributed by atoms with Gasteiger partial charge >= 0.3 is 6.18 Å². The first-order valence-corrected chi connectivity index (χ1v) is 6.80. The van der Waals surface area contributed by atoms with E-state index in [-0.39, 0.29) is 12.6 Å². The Morgan fingerprint density at radius 2 is 1.78 bits per heavy atom. The maximum absolute atomic E-state index is 12.7. The Morgan fingerprint density at radius 1 is 1.09 bits per heavy atom. The molecule has 4 N–H and O–H groups in total. The summed E-state index contributed by atoms with van der Waals surface area (Å²) < 4.78 is 43.5. The molecule has 23 heavy (non-hydrogen) atoms. The highest BCUT2D eigenvalue weighted by Gasteiger charge is 2.30. The second-order valence-corrected chi connectivity index (χ2v) is 4.90. The van der Waals surface area contributed by atoms with E-state index in [1.54, 1.807) is 24.3 Å². The van der Waals surface area contributed by atoms with Gasteiger partial charge in [-0.2, -0.15) is 13.2 Å². The molecule has 0 bridgehead atoms. The molecule has 0 amide bonds. The molecule has 122 valence electrons. The molecule has 0 aromatic heterocycles. The molecule has 0 unspecified atom stereocenters. The third kappa shape index (κ3) is 5.21. The number of nitrogens with one attached hydrogen (secondary N) is 2. The molecule has 0 heterocycles. The molecule has 0 saturated carbocycles. The zero-order valence-corrected chi connectivity index (χ0v) is 12.2. The van der Waals surface area contributed by atoms with Crippen molar-refractivity contribution in [2.24, 2.45) is 5.73 Å². The van der Waals surface area contributed by atoms with Gasteiger partial charge in [0.2, 0.25) is 0 Å². The van der Waals surface area contributed by atoms with Gasteiger partial charge in [0.05, 0.1) is 5.56 Å². The lowest BCUT2D eigenvalue weighted by Crippen LogP contribution is -2.29. The summed E-state index contributed by atoms with van der Waals surface area (Å²) in [5.41, 5.74) is 5.80. The van der Waals surface area contributed by atoms with Crippen LogP contribution in [0.4, 0.5) is 13.2 Å². The van der Waals surface area contributed by atoms with Crippen LogP contribution in [0.15, 0.2) is 48.5 Å². The fourth-order valence-electron chi connectivity index (χ4n) is 1.95. The highest BCUT2D eigenvalue weighted by molar-refractivity contribution is 5.74. The number of ether oxygens (including phenoxy) is 1. The van der Waals surface area contributed by atoms with E-state index in [4.69, 9.17) is 15.9 Å². The smallest absolute Gasteiger partial charge is 0.416 e. The fourth-order valence-corrected chi connectivity index (χ4v) is 1.95. The summed E-state index contributed by atoms with van der Waals surface area (Å²) in [4.78, 5) is 0. The SMILES string of the molecule is N=C(N)NCc1cccc(OCc2cccc(C(F)(F)F)c2)c1. The van der Waals surface area contributed by atoms with Gasteiger partial charge in [0, 0.05) is 6.54 Å². The van der Waals surface area contributed by atoms with Crippen LogP contribution in [0.25, 0.3) is 0 Å². The van der Waals surface area contributed by atoms with Crippen LogP contribution in [-0.2, 0) is 19.3 Å². The van der Waals surface area contributed by atoms with Gasteiger partial charge in [0.25, 0.3) is 0 Å². The number of benzene rings is 2. The molecule has 2 rings (SSSR count). The number of nitrogens with two attached hydrogens (primary N) is 1. The lowest BCUT2D eigenvalue weighted by molar-refractivity contribution is -0.137. The van der Waals surface area contributed by atoms with Crippen molar-refractivity contribution in [3.63, 3.8) is 0 Å². The first-order chi connectivity index (χ1) is 10.8. The standard InChI is InChI=1S/C16H16F3N3O/c17-16(18,19)13-5-1-4-12(7-13)10-23-14-6-2-3-11(8-14)9-22-15(20)21/h1-8H,9-10H2,(H4,20,21,22). The van der Waals surface area contributed by atoms with Crippen LogP contribution >= 0.6 is 0 Å². The molecule has 0 aliphatic carbocycles. The lowest BCUT2D eigenvalue weighted by atomic mass is 10.1. The molecule has 0 fully saturated rings. The van der Waals surface area contributed by atoms with Crippen molar-refractivity contribution in [2.45, 2.75) is 19.3 Å². The van der Waals surface area contributed by atoms with E-state index in [1.165, 1.54) is 6.07 Å². The Hall–Kier alpha value is -2.70. The Balaban J connectivity index is 2.01. The highest BCUT2D eigenvalue weighted by atomic mass is 19.4. The Morgan fingerprint density at radius 3 is 2.48 bits per heavy atom. The zero-order chi connectivity index (χ0) is 16.9. The first kappa shape index (κ1) is 16.7. The zero-order valence-electron chi connectivity index (χ0n) is 12.2. The minimum absolute atomic E-state index is 0.0352. The Bertz CT molecular complexity index is 686. The van der Waals surface area contributed by atoms with Gasteiger partial charge in [-0.25, -0.2) is 0 Å². The minimum Gasteiger partial charge on any atom is -0.489 e. The van der Waals surface area contributed by atoms with Gasteiger partial charge in [-0.3, -0.25) is 5.41 Å². The lowest BCUT2D eigenvalue weighted by Gasteiger charge is -2.11. The van der Waals surface area contributed by atoms with Gasteiger partial charge in [-0.15, -0.1) is 0 Å². The van der Waals surface area contributed by atoms with Crippen LogP contribution in [0, 0.1) is 5.41 Å². The average molecular weight is 323 g/mol. The van der Waals surface area contributed by atoms with Gasteiger partial charge in [-0.05, 0) is 35.4 Å². The van der Waals surface area contributed by atoms with Gasteiger partial charge in [0.1, 0.15) is 12.4 Å². The van der Waals surface area contributed by atoms with Gasteiger partial charge in [-0.1, -0.05) is 24.3 Å². The van der Waals surface area contributed by atoms with Crippen LogP contribution in [0.1, 0.15) is 16.7 Å². The summed E-state index contributed by atoms with van der Waals surface area (Å²) >= 11 is 0.